The molecule has 0 spiro atoms. The lowest BCUT2D eigenvalue weighted by molar-refractivity contribution is 0.110. The van der Waals surface area contributed by atoms with Crippen LogP contribution in [0.4, 0.5) is 0 Å². The van der Waals surface area contributed by atoms with Gasteiger partial charge < -0.3 is 14.9 Å². The van der Waals surface area contributed by atoms with Crippen LogP contribution in [0.1, 0.15) is 20.8 Å². The van der Waals surface area contributed by atoms with Gasteiger partial charge in [-0.2, -0.15) is 0 Å². The van der Waals surface area contributed by atoms with E-state index < -0.39 is 6.10 Å². The predicted molar refractivity (Wildman–Crippen MR) is 49.5 cm³/mol. The Morgan fingerprint density at radius 3 is 1.75 bits per heavy atom. The van der Waals surface area contributed by atoms with Crippen LogP contribution < -0.4 is 0 Å². The SMILES string of the molecule is C/C=C\O/C=C\C.CC(O)CO. The summed E-state index contributed by atoms with van der Waals surface area (Å²) in [5, 5.41) is 16.0. The Bertz CT molecular complexity index is 107. The summed E-state index contributed by atoms with van der Waals surface area (Å²) >= 11 is 0. The lowest BCUT2D eigenvalue weighted by atomic mass is 10.5. The highest BCUT2D eigenvalue weighted by molar-refractivity contribution is 4.73. The van der Waals surface area contributed by atoms with E-state index in [9.17, 15) is 0 Å². The number of ether oxygens (including phenoxy) is 1. The smallest absolute Gasteiger partial charge is 0.0858 e. The summed E-state index contributed by atoms with van der Waals surface area (Å²) in [5.41, 5.74) is 0. The van der Waals surface area contributed by atoms with Gasteiger partial charge in [0.1, 0.15) is 0 Å². The largest absolute Gasteiger partial charge is 0.473 e. The van der Waals surface area contributed by atoms with Crippen LogP contribution in [0.25, 0.3) is 0 Å². The summed E-state index contributed by atoms with van der Waals surface area (Å²) in [4.78, 5) is 0. The molecule has 1 atom stereocenters. The maximum absolute atomic E-state index is 8.11. The zero-order valence-corrected chi connectivity index (χ0v) is 7.90. The van der Waals surface area contributed by atoms with Gasteiger partial charge in [0, 0.05) is 0 Å². The first-order chi connectivity index (χ1) is 5.68. The molecule has 0 bridgehead atoms. The topological polar surface area (TPSA) is 49.7 Å². The van der Waals surface area contributed by atoms with Gasteiger partial charge in [-0.25, -0.2) is 0 Å². The van der Waals surface area contributed by atoms with Crippen molar-refractivity contribution in [2.45, 2.75) is 26.9 Å². The van der Waals surface area contributed by atoms with E-state index in [4.69, 9.17) is 14.9 Å². The monoisotopic (exact) mass is 174 g/mol. The number of hydrogen-bond acceptors (Lipinski definition) is 3. The summed E-state index contributed by atoms with van der Waals surface area (Å²) in [7, 11) is 0. The van der Waals surface area contributed by atoms with E-state index in [2.05, 4.69) is 0 Å². The Morgan fingerprint density at radius 1 is 1.25 bits per heavy atom. The molecule has 0 amide bonds. The normalized spacial score (nSPS) is 12.8. The second-order valence-corrected chi connectivity index (χ2v) is 2.11. The van der Waals surface area contributed by atoms with Gasteiger partial charge in [0.25, 0.3) is 0 Å². The molecule has 12 heavy (non-hydrogen) atoms. The van der Waals surface area contributed by atoms with Gasteiger partial charge in [-0.15, -0.1) is 0 Å². The molecule has 0 saturated carbocycles. The fourth-order valence-electron chi connectivity index (χ4n) is 0.202. The molecule has 0 heterocycles. The third-order valence-electron chi connectivity index (χ3n) is 0.694. The number of hydrogen-bond donors (Lipinski definition) is 2. The van der Waals surface area contributed by atoms with E-state index in [-0.39, 0.29) is 6.61 Å². The first kappa shape index (κ1) is 13.8. The molecular weight excluding hydrogens is 156 g/mol. The quantitative estimate of drug-likeness (QED) is 0.636. The zero-order chi connectivity index (χ0) is 9.82. The molecule has 0 aromatic heterocycles. The average Bonchev–Trinajstić information content (AvgIpc) is 2.07. The molecule has 0 aliphatic heterocycles. The van der Waals surface area contributed by atoms with Gasteiger partial charge in [0.2, 0.25) is 0 Å². The van der Waals surface area contributed by atoms with Crippen molar-refractivity contribution < 1.29 is 14.9 Å². The molecule has 0 rings (SSSR count). The fourth-order valence-corrected chi connectivity index (χ4v) is 0.202. The minimum Gasteiger partial charge on any atom is -0.473 e. The number of rotatable bonds is 3. The summed E-state index contributed by atoms with van der Waals surface area (Å²) in [6.07, 6.45) is 6.36. The molecule has 3 nitrogen and oxygen atoms in total. The Balaban J connectivity index is 0. The van der Waals surface area contributed by atoms with Gasteiger partial charge in [-0.1, -0.05) is 12.2 Å². The minimum absolute atomic E-state index is 0.139. The second-order valence-electron chi connectivity index (χ2n) is 2.11. The molecule has 0 aliphatic rings. The highest BCUT2D eigenvalue weighted by Crippen LogP contribution is 1.76. The van der Waals surface area contributed by atoms with Gasteiger partial charge >= 0.3 is 0 Å². The molecule has 0 aromatic carbocycles. The van der Waals surface area contributed by atoms with Crippen molar-refractivity contribution in [3.8, 4) is 0 Å². The van der Waals surface area contributed by atoms with Crippen LogP contribution in [0, 0.1) is 0 Å². The molecule has 0 fully saturated rings. The van der Waals surface area contributed by atoms with Crippen LogP contribution in [-0.4, -0.2) is 22.9 Å². The number of aliphatic hydroxyl groups is 2. The Labute approximate surface area is 74.0 Å². The first-order valence-corrected chi connectivity index (χ1v) is 3.85. The average molecular weight is 174 g/mol. The van der Waals surface area contributed by atoms with E-state index in [1.165, 1.54) is 6.92 Å². The van der Waals surface area contributed by atoms with Gasteiger partial charge in [-0.05, 0) is 20.8 Å². The van der Waals surface area contributed by atoms with Crippen molar-refractivity contribution >= 4 is 0 Å². The Hall–Kier alpha value is -0.800. The number of allylic oxidation sites excluding steroid dienone is 2. The molecule has 3 heteroatoms. The molecule has 0 aromatic rings. The summed E-state index contributed by atoms with van der Waals surface area (Å²) in [5.74, 6) is 0. The first-order valence-electron chi connectivity index (χ1n) is 3.85. The van der Waals surface area contributed by atoms with Crippen molar-refractivity contribution in [3.05, 3.63) is 24.7 Å². The van der Waals surface area contributed by atoms with Crippen LogP contribution >= 0.6 is 0 Å². The molecule has 0 radical (unpaired) electrons. The third kappa shape index (κ3) is 22.9. The van der Waals surface area contributed by atoms with Gasteiger partial charge in [-0.3, -0.25) is 0 Å². The van der Waals surface area contributed by atoms with Gasteiger partial charge in [0.15, 0.2) is 0 Å². The van der Waals surface area contributed by atoms with E-state index >= 15 is 0 Å². The maximum atomic E-state index is 8.11. The van der Waals surface area contributed by atoms with E-state index in [0.717, 1.165) is 0 Å². The lowest BCUT2D eigenvalue weighted by Gasteiger charge is -1.90. The molecular formula is C9H18O3. The highest BCUT2D eigenvalue weighted by Gasteiger charge is 1.83. The van der Waals surface area contributed by atoms with Crippen molar-refractivity contribution in [2.75, 3.05) is 6.61 Å². The maximum Gasteiger partial charge on any atom is 0.0858 e. The summed E-state index contributed by atoms with van der Waals surface area (Å²) < 4.78 is 4.77. The molecule has 0 saturated heterocycles. The van der Waals surface area contributed by atoms with E-state index in [1.54, 1.807) is 12.5 Å². The Morgan fingerprint density at radius 2 is 1.58 bits per heavy atom. The molecule has 72 valence electrons. The Kier molecular flexibility index (Phi) is 14.7. The van der Waals surface area contributed by atoms with Crippen molar-refractivity contribution in [1.29, 1.82) is 0 Å². The van der Waals surface area contributed by atoms with Gasteiger partial charge in [0.05, 0.1) is 25.2 Å². The van der Waals surface area contributed by atoms with Crippen LogP contribution in [0.2, 0.25) is 0 Å². The minimum atomic E-state index is -0.560. The predicted octanol–water partition coefficient (Wildman–Crippen LogP) is 1.43. The third-order valence-corrected chi connectivity index (χ3v) is 0.694. The van der Waals surface area contributed by atoms with Crippen LogP contribution in [0.5, 0.6) is 0 Å². The fraction of sp³-hybridized carbons (Fsp3) is 0.556. The van der Waals surface area contributed by atoms with Crippen LogP contribution in [0.15, 0.2) is 24.7 Å². The van der Waals surface area contributed by atoms with Crippen LogP contribution in [0.3, 0.4) is 0 Å². The zero-order valence-electron chi connectivity index (χ0n) is 7.90. The van der Waals surface area contributed by atoms with E-state index in [0.29, 0.717) is 0 Å². The lowest BCUT2D eigenvalue weighted by Crippen LogP contribution is -2.03. The number of aliphatic hydroxyl groups excluding tert-OH is 2. The molecule has 1 unspecified atom stereocenters. The molecule has 2 N–H and O–H groups in total. The van der Waals surface area contributed by atoms with Crippen molar-refractivity contribution in [2.24, 2.45) is 0 Å². The summed E-state index contributed by atoms with van der Waals surface area (Å²) in [6.45, 7) is 5.20. The standard InChI is InChI=1S/C6H10O.C3H8O2/c1-3-5-7-6-4-2;1-3(5)2-4/h3-6H,1-2H3;3-5H,2H2,1H3/b5-3-,6-4-;. The van der Waals surface area contributed by atoms with Crippen molar-refractivity contribution in [3.63, 3.8) is 0 Å². The van der Waals surface area contributed by atoms with Crippen LogP contribution in [-0.2, 0) is 4.74 Å². The highest BCUT2D eigenvalue weighted by atomic mass is 16.5. The summed E-state index contributed by atoms with van der Waals surface area (Å²) in [6, 6.07) is 0. The second kappa shape index (κ2) is 12.8. The molecule has 0 aliphatic carbocycles. The van der Waals surface area contributed by atoms with E-state index in [1.807, 2.05) is 26.0 Å². The van der Waals surface area contributed by atoms with Crippen molar-refractivity contribution in [1.82, 2.24) is 0 Å².